The van der Waals surface area contributed by atoms with E-state index in [0.717, 1.165) is 58.7 Å². The van der Waals surface area contributed by atoms with Gasteiger partial charge in [-0.3, -0.25) is 4.40 Å². The number of H-pyrrole nitrogens is 1. The number of nitrogens with zero attached hydrogens (tertiary/aromatic N) is 6. The van der Waals surface area contributed by atoms with Crippen LogP contribution in [0.4, 0.5) is 0 Å². The van der Waals surface area contributed by atoms with Gasteiger partial charge in [-0.15, -0.1) is 10.2 Å². The molecule has 0 radical (unpaired) electrons. The van der Waals surface area contributed by atoms with Gasteiger partial charge in [-0.05, 0) is 43.9 Å². The van der Waals surface area contributed by atoms with E-state index in [9.17, 15) is 0 Å². The van der Waals surface area contributed by atoms with Gasteiger partial charge in [-0.1, -0.05) is 24.3 Å². The van der Waals surface area contributed by atoms with E-state index in [1.54, 1.807) is 0 Å². The first kappa shape index (κ1) is 17.9. The van der Waals surface area contributed by atoms with Gasteiger partial charge in [0.25, 0.3) is 0 Å². The molecule has 1 aromatic carbocycles. The molecule has 1 fully saturated rings. The molecule has 7 nitrogen and oxygen atoms in total. The predicted molar refractivity (Wildman–Crippen MR) is 118 cm³/mol. The van der Waals surface area contributed by atoms with Gasteiger partial charge in [0, 0.05) is 36.1 Å². The number of nitrogens with one attached hydrogen (secondary N) is 1. The quantitative estimate of drug-likeness (QED) is 0.467. The lowest BCUT2D eigenvalue weighted by molar-refractivity contribution is 0.508. The fourth-order valence-electron chi connectivity index (χ4n) is 4.92. The summed E-state index contributed by atoms with van der Waals surface area (Å²) in [7, 11) is 0. The molecule has 6 rings (SSSR count). The van der Waals surface area contributed by atoms with Gasteiger partial charge in [0.15, 0.2) is 11.3 Å². The third-order valence-corrected chi connectivity index (χ3v) is 6.50. The van der Waals surface area contributed by atoms with E-state index in [2.05, 4.69) is 49.3 Å². The monoisotopic (exact) mass is 407 g/mol. The smallest absolute Gasteiger partial charge is 0.188 e. The zero-order valence-electron chi connectivity index (χ0n) is 17.2. The molecule has 1 saturated carbocycles. The van der Waals surface area contributed by atoms with E-state index in [-0.39, 0.29) is 0 Å². The molecule has 0 unspecified atom stereocenters. The summed E-state index contributed by atoms with van der Waals surface area (Å²) in [5.74, 6) is 1.30. The standard InChI is InChI=1S/C24H21N7/c1-15-4-2-3-5-19(15)21-24-29-28-23(31(24)20-8-10-26-22(20)27-21)17-6-7-18(12-17)30-11-9-16(13-25)14-30/h2-5,8-11,14,17-18,26H,6-7,12H2,1H3/t17-,18+/m1/s1. The van der Waals surface area contributed by atoms with E-state index in [0.29, 0.717) is 17.5 Å². The van der Waals surface area contributed by atoms with Crippen LogP contribution in [0.5, 0.6) is 0 Å². The Hall–Kier alpha value is -3.92. The van der Waals surface area contributed by atoms with Crippen LogP contribution in [0.2, 0.25) is 0 Å². The largest absolute Gasteiger partial charge is 0.350 e. The molecule has 31 heavy (non-hydrogen) atoms. The van der Waals surface area contributed by atoms with Crippen molar-refractivity contribution in [1.82, 2.24) is 29.1 Å². The molecule has 4 aromatic heterocycles. The Morgan fingerprint density at radius 1 is 1.13 bits per heavy atom. The molecule has 0 saturated heterocycles. The van der Waals surface area contributed by atoms with Gasteiger partial charge in [0.05, 0.1) is 11.1 Å². The lowest BCUT2D eigenvalue weighted by atomic mass is 10.1. The minimum absolute atomic E-state index is 0.304. The number of nitriles is 1. The van der Waals surface area contributed by atoms with Gasteiger partial charge in [-0.2, -0.15) is 5.26 Å². The Morgan fingerprint density at radius 2 is 2.03 bits per heavy atom. The van der Waals surface area contributed by atoms with Crippen LogP contribution in [-0.4, -0.2) is 29.1 Å². The van der Waals surface area contributed by atoms with E-state index >= 15 is 0 Å². The van der Waals surface area contributed by atoms with Crippen LogP contribution in [0.1, 0.15) is 48.2 Å². The van der Waals surface area contributed by atoms with Crippen LogP contribution >= 0.6 is 0 Å². The van der Waals surface area contributed by atoms with Crippen molar-refractivity contribution in [2.75, 3.05) is 0 Å². The molecule has 0 amide bonds. The molecular weight excluding hydrogens is 386 g/mol. The molecule has 1 N–H and O–H groups in total. The zero-order chi connectivity index (χ0) is 20.9. The first-order valence-electron chi connectivity index (χ1n) is 10.6. The van der Waals surface area contributed by atoms with Crippen LogP contribution in [0, 0.1) is 18.3 Å². The molecule has 0 aliphatic heterocycles. The Labute approximate surface area is 179 Å². The summed E-state index contributed by atoms with van der Waals surface area (Å²) in [5, 5.41) is 18.4. The van der Waals surface area contributed by atoms with Crippen molar-refractivity contribution in [3.05, 3.63) is 71.9 Å². The second kappa shape index (κ2) is 6.81. The molecule has 2 atom stereocenters. The van der Waals surface area contributed by atoms with Gasteiger partial charge < -0.3 is 9.55 Å². The molecule has 5 aromatic rings. The minimum atomic E-state index is 0.304. The summed E-state index contributed by atoms with van der Waals surface area (Å²) >= 11 is 0. The van der Waals surface area contributed by atoms with Gasteiger partial charge in [-0.25, -0.2) is 4.98 Å². The minimum Gasteiger partial charge on any atom is -0.350 e. The van der Waals surface area contributed by atoms with Crippen molar-refractivity contribution in [1.29, 1.82) is 5.26 Å². The third-order valence-electron chi connectivity index (χ3n) is 6.50. The first-order valence-corrected chi connectivity index (χ1v) is 10.6. The van der Waals surface area contributed by atoms with Crippen LogP contribution in [-0.2, 0) is 0 Å². The summed E-state index contributed by atoms with van der Waals surface area (Å²) in [5.41, 5.74) is 6.43. The van der Waals surface area contributed by atoms with Crippen LogP contribution in [0.3, 0.4) is 0 Å². The first-order chi connectivity index (χ1) is 15.2. The highest BCUT2D eigenvalue weighted by Gasteiger charge is 2.31. The molecule has 1 aliphatic carbocycles. The van der Waals surface area contributed by atoms with Crippen LogP contribution in [0.25, 0.3) is 28.1 Å². The molecule has 0 bridgehead atoms. The van der Waals surface area contributed by atoms with Crippen molar-refractivity contribution in [3.8, 4) is 17.3 Å². The lowest BCUT2D eigenvalue weighted by Gasteiger charge is -2.13. The van der Waals surface area contributed by atoms with Crippen LogP contribution < -0.4 is 0 Å². The fourth-order valence-corrected chi connectivity index (χ4v) is 4.92. The zero-order valence-corrected chi connectivity index (χ0v) is 17.2. The van der Waals surface area contributed by atoms with Crippen molar-refractivity contribution in [3.63, 3.8) is 0 Å². The highest BCUT2D eigenvalue weighted by Crippen LogP contribution is 2.41. The summed E-state index contributed by atoms with van der Waals surface area (Å²) in [6.07, 6.45) is 8.96. The molecule has 4 heterocycles. The Morgan fingerprint density at radius 3 is 2.87 bits per heavy atom. The topological polar surface area (TPSA) is 87.6 Å². The molecule has 0 spiro atoms. The van der Waals surface area contributed by atoms with Crippen molar-refractivity contribution in [2.24, 2.45) is 0 Å². The average Bonchev–Trinajstić information content (AvgIpc) is 3.58. The Balaban J connectivity index is 1.47. The average molecular weight is 407 g/mol. The number of fused-ring (bicyclic) bond motifs is 3. The van der Waals surface area contributed by atoms with Gasteiger partial charge >= 0.3 is 0 Å². The summed E-state index contributed by atoms with van der Waals surface area (Å²) < 4.78 is 4.36. The molecule has 152 valence electrons. The summed E-state index contributed by atoms with van der Waals surface area (Å²) in [4.78, 5) is 8.17. The number of hydrogen-bond donors (Lipinski definition) is 1. The fraction of sp³-hybridized carbons (Fsp3) is 0.250. The lowest BCUT2D eigenvalue weighted by Crippen LogP contribution is -2.06. The van der Waals surface area contributed by atoms with E-state index in [1.165, 1.54) is 0 Å². The number of benzene rings is 1. The molecular formula is C24H21N7. The van der Waals surface area contributed by atoms with Gasteiger partial charge in [0.1, 0.15) is 17.6 Å². The van der Waals surface area contributed by atoms with Crippen molar-refractivity contribution in [2.45, 2.75) is 38.1 Å². The number of rotatable bonds is 3. The Kier molecular flexibility index (Phi) is 3.93. The molecule has 7 heteroatoms. The summed E-state index contributed by atoms with van der Waals surface area (Å²) in [6, 6.07) is 14.8. The van der Waals surface area contributed by atoms with Crippen molar-refractivity contribution >= 4 is 16.8 Å². The number of hydrogen-bond acceptors (Lipinski definition) is 4. The highest BCUT2D eigenvalue weighted by atomic mass is 15.3. The van der Waals surface area contributed by atoms with Crippen molar-refractivity contribution < 1.29 is 0 Å². The second-order valence-electron chi connectivity index (χ2n) is 8.33. The maximum atomic E-state index is 9.14. The normalized spacial score (nSPS) is 18.7. The Bertz CT molecular complexity index is 1460. The number of aromatic nitrogens is 6. The molecule has 1 aliphatic rings. The van der Waals surface area contributed by atoms with E-state index in [1.807, 2.05) is 42.9 Å². The van der Waals surface area contributed by atoms with E-state index in [4.69, 9.17) is 10.2 Å². The second-order valence-corrected chi connectivity index (χ2v) is 8.33. The van der Waals surface area contributed by atoms with Crippen LogP contribution in [0.15, 0.2) is 55.0 Å². The number of aromatic amines is 1. The predicted octanol–water partition coefficient (Wildman–Crippen LogP) is 4.76. The maximum Gasteiger partial charge on any atom is 0.188 e. The number of aryl methyl sites for hydroxylation is 1. The van der Waals surface area contributed by atoms with Gasteiger partial charge in [0.2, 0.25) is 0 Å². The highest BCUT2D eigenvalue weighted by molar-refractivity contribution is 5.85. The van der Waals surface area contributed by atoms with E-state index < -0.39 is 0 Å². The SMILES string of the molecule is Cc1ccccc1-c1nc2[nH]ccc2n2c([C@@H]3CC[C@H](n4ccc(C#N)c4)C3)nnc12. The summed E-state index contributed by atoms with van der Waals surface area (Å²) in [6.45, 7) is 2.10. The maximum absolute atomic E-state index is 9.14. The third kappa shape index (κ3) is 2.76.